The molecule has 0 spiro atoms. The Morgan fingerprint density at radius 3 is 2.04 bits per heavy atom. The summed E-state index contributed by atoms with van der Waals surface area (Å²) in [7, 11) is 0. The molecular formula is C18H23N5O4. The van der Waals surface area contributed by atoms with Crippen molar-refractivity contribution in [2.45, 2.75) is 26.9 Å². The number of nitrogens with two attached hydrogens (primary N) is 2. The average molecular weight is 373 g/mol. The van der Waals surface area contributed by atoms with Gasteiger partial charge in [0.2, 0.25) is 11.8 Å². The van der Waals surface area contributed by atoms with Gasteiger partial charge >= 0.3 is 5.69 Å². The average Bonchev–Trinajstić information content (AvgIpc) is 3.08. The SMILES string of the molecule is CCn1c(=O)c2cc(N3CC(C(N)=O)C(C(N)=O)C3)ccc2n(CC)c1=O. The number of fused-ring (bicyclic) bond motifs is 1. The molecule has 27 heavy (non-hydrogen) atoms. The molecule has 4 N–H and O–H groups in total. The van der Waals surface area contributed by atoms with Crippen LogP contribution in [0.1, 0.15) is 13.8 Å². The molecule has 1 fully saturated rings. The first-order valence-corrected chi connectivity index (χ1v) is 8.91. The summed E-state index contributed by atoms with van der Waals surface area (Å²) in [5, 5.41) is 0.411. The maximum Gasteiger partial charge on any atom is 0.331 e. The van der Waals surface area contributed by atoms with Crippen LogP contribution in [0, 0.1) is 11.8 Å². The highest BCUT2D eigenvalue weighted by molar-refractivity contribution is 5.89. The highest BCUT2D eigenvalue weighted by atomic mass is 16.2. The van der Waals surface area contributed by atoms with Gasteiger partial charge in [-0.15, -0.1) is 0 Å². The van der Waals surface area contributed by atoms with Crippen LogP contribution in [0.2, 0.25) is 0 Å². The van der Waals surface area contributed by atoms with Gasteiger partial charge < -0.3 is 16.4 Å². The van der Waals surface area contributed by atoms with Gasteiger partial charge in [-0.25, -0.2) is 4.79 Å². The molecular weight excluding hydrogens is 350 g/mol. The smallest absolute Gasteiger partial charge is 0.331 e. The summed E-state index contributed by atoms with van der Waals surface area (Å²) in [6.07, 6.45) is 0. The third kappa shape index (κ3) is 2.98. The lowest BCUT2D eigenvalue weighted by Crippen LogP contribution is -2.39. The number of nitrogens with zero attached hydrogens (tertiary/aromatic N) is 3. The lowest BCUT2D eigenvalue weighted by molar-refractivity contribution is -0.129. The Morgan fingerprint density at radius 2 is 1.56 bits per heavy atom. The van der Waals surface area contributed by atoms with Crippen LogP contribution < -0.4 is 27.6 Å². The molecule has 144 valence electrons. The fourth-order valence-electron chi connectivity index (χ4n) is 3.78. The summed E-state index contributed by atoms with van der Waals surface area (Å²) in [6, 6.07) is 5.18. The number of primary amides is 2. The number of hydrogen-bond donors (Lipinski definition) is 2. The quantitative estimate of drug-likeness (QED) is 0.710. The normalized spacial score (nSPS) is 19.6. The van der Waals surface area contributed by atoms with Crippen LogP contribution in [0.4, 0.5) is 5.69 Å². The number of anilines is 1. The molecule has 2 aromatic rings. The number of rotatable bonds is 5. The Kier molecular flexibility index (Phi) is 4.77. The molecule has 0 saturated carbocycles. The van der Waals surface area contributed by atoms with E-state index in [2.05, 4.69) is 0 Å². The van der Waals surface area contributed by atoms with Crippen LogP contribution in [-0.4, -0.2) is 34.0 Å². The summed E-state index contributed by atoms with van der Waals surface area (Å²) in [4.78, 5) is 50.3. The molecule has 9 heteroatoms. The third-order valence-corrected chi connectivity index (χ3v) is 5.26. The van der Waals surface area contributed by atoms with E-state index in [1.165, 1.54) is 4.57 Å². The maximum atomic E-state index is 12.7. The number of aryl methyl sites for hydroxylation is 1. The monoisotopic (exact) mass is 373 g/mol. The predicted octanol–water partition coefficient (Wildman–Crippen LogP) is -0.774. The Morgan fingerprint density at radius 1 is 1.00 bits per heavy atom. The van der Waals surface area contributed by atoms with Gasteiger partial charge in [0.15, 0.2) is 0 Å². The molecule has 1 aliphatic heterocycles. The number of carbonyl (C=O) groups excluding carboxylic acids is 2. The van der Waals surface area contributed by atoms with E-state index >= 15 is 0 Å². The Labute approximate surface area is 155 Å². The Hall–Kier alpha value is -3.10. The van der Waals surface area contributed by atoms with Gasteiger partial charge in [0.1, 0.15) is 0 Å². The van der Waals surface area contributed by atoms with Gasteiger partial charge in [-0.3, -0.25) is 23.5 Å². The molecule has 1 aromatic carbocycles. The predicted molar refractivity (Wildman–Crippen MR) is 101 cm³/mol. The van der Waals surface area contributed by atoms with Crippen LogP contribution >= 0.6 is 0 Å². The zero-order valence-corrected chi connectivity index (χ0v) is 15.3. The van der Waals surface area contributed by atoms with Crippen molar-refractivity contribution in [3.63, 3.8) is 0 Å². The zero-order chi connectivity index (χ0) is 19.9. The van der Waals surface area contributed by atoms with Gasteiger partial charge in [0, 0.05) is 31.9 Å². The molecule has 3 rings (SSSR count). The van der Waals surface area contributed by atoms with E-state index in [1.54, 1.807) is 29.7 Å². The second kappa shape index (κ2) is 6.90. The van der Waals surface area contributed by atoms with Gasteiger partial charge in [-0.05, 0) is 32.0 Å². The number of aromatic nitrogens is 2. The lowest BCUT2D eigenvalue weighted by Gasteiger charge is -2.20. The summed E-state index contributed by atoms with van der Waals surface area (Å²) in [5.74, 6) is -2.49. The van der Waals surface area contributed by atoms with E-state index < -0.39 is 23.7 Å². The highest BCUT2D eigenvalue weighted by Gasteiger charge is 2.40. The topological polar surface area (TPSA) is 133 Å². The summed E-state index contributed by atoms with van der Waals surface area (Å²) >= 11 is 0. The van der Waals surface area contributed by atoms with Crippen LogP contribution in [-0.2, 0) is 22.7 Å². The number of benzene rings is 1. The van der Waals surface area contributed by atoms with Crippen molar-refractivity contribution in [2.24, 2.45) is 23.3 Å². The minimum absolute atomic E-state index is 0.254. The van der Waals surface area contributed by atoms with Crippen LogP contribution in [0.25, 0.3) is 10.9 Å². The van der Waals surface area contributed by atoms with Crippen molar-refractivity contribution >= 4 is 28.4 Å². The molecule has 1 aliphatic rings. The molecule has 0 radical (unpaired) electrons. The maximum absolute atomic E-state index is 12.7. The molecule has 2 amide bonds. The van der Waals surface area contributed by atoms with Crippen molar-refractivity contribution in [3.05, 3.63) is 39.0 Å². The molecule has 2 unspecified atom stereocenters. The van der Waals surface area contributed by atoms with Gasteiger partial charge in [-0.1, -0.05) is 0 Å². The van der Waals surface area contributed by atoms with E-state index in [4.69, 9.17) is 11.5 Å². The molecule has 1 saturated heterocycles. The first-order valence-electron chi connectivity index (χ1n) is 8.91. The van der Waals surface area contributed by atoms with Crippen LogP contribution in [0.15, 0.2) is 27.8 Å². The fourth-order valence-corrected chi connectivity index (χ4v) is 3.78. The second-order valence-electron chi connectivity index (χ2n) is 6.70. The minimum Gasteiger partial charge on any atom is -0.370 e. The third-order valence-electron chi connectivity index (χ3n) is 5.26. The zero-order valence-electron chi connectivity index (χ0n) is 15.3. The van der Waals surface area contributed by atoms with Gasteiger partial charge in [-0.2, -0.15) is 0 Å². The summed E-state index contributed by atoms with van der Waals surface area (Å²) in [5.41, 5.74) is 11.4. The minimum atomic E-state index is -0.671. The standard InChI is InChI=1S/C18H23N5O4/c1-3-22-14-6-5-10(7-11(14)17(26)23(4-2)18(22)27)21-8-12(15(19)24)13(9-21)16(20)25/h5-7,12-13H,3-4,8-9H2,1-2H3,(H2,19,24)(H2,20,25). The molecule has 1 aromatic heterocycles. The van der Waals surface area contributed by atoms with Crippen molar-refractivity contribution < 1.29 is 9.59 Å². The first-order chi connectivity index (χ1) is 12.8. The van der Waals surface area contributed by atoms with E-state index in [9.17, 15) is 19.2 Å². The molecule has 0 bridgehead atoms. The Balaban J connectivity index is 2.13. The largest absolute Gasteiger partial charge is 0.370 e. The van der Waals surface area contributed by atoms with E-state index in [-0.39, 0.29) is 30.9 Å². The summed E-state index contributed by atoms with van der Waals surface area (Å²) < 4.78 is 2.74. The van der Waals surface area contributed by atoms with Gasteiger partial charge in [0.25, 0.3) is 5.56 Å². The number of carbonyl (C=O) groups is 2. The van der Waals surface area contributed by atoms with Crippen molar-refractivity contribution in [2.75, 3.05) is 18.0 Å². The van der Waals surface area contributed by atoms with Crippen LogP contribution in [0.5, 0.6) is 0 Å². The van der Waals surface area contributed by atoms with Crippen molar-refractivity contribution in [3.8, 4) is 0 Å². The lowest BCUT2D eigenvalue weighted by atomic mass is 9.95. The second-order valence-corrected chi connectivity index (χ2v) is 6.70. The van der Waals surface area contributed by atoms with E-state index in [1.807, 2.05) is 11.8 Å². The Bertz CT molecular complexity index is 1020. The number of amides is 2. The summed E-state index contributed by atoms with van der Waals surface area (Å²) in [6.45, 7) is 4.80. The molecule has 0 aliphatic carbocycles. The first kappa shape index (κ1) is 18.7. The molecule has 9 nitrogen and oxygen atoms in total. The van der Waals surface area contributed by atoms with Crippen molar-refractivity contribution in [1.82, 2.24) is 9.13 Å². The molecule has 2 heterocycles. The molecule has 2 atom stereocenters. The van der Waals surface area contributed by atoms with Crippen LogP contribution in [0.3, 0.4) is 0 Å². The highest BCUT2D eigenvalue weighted by Crippen LogP contribution is 2.29. The van der Waals surface area contributed by atoms with Gasteiger partial charge in [0.05, 0.1) is 22.7 Å². The number of hydrogen-bond acceptors (Lipinski definition) is 5. The van der Waals surface area contributed by atoms with Crippen molar-refractivity contribution in [1.29, 1.82) is 0 Å². The van der Waals surface area contributed by atoms with E-state index in [0.29, 0.717) is 23.1 Å². The van der Waals surface area contributed by atoms with E-state index in [0.717, 1.165) is 0 Å². The fraction of sp³-hybridized carbons (Fsp3) is 0.444.